The van der Waals surface area contributed by atoms with Gasteiger partial charge >= 0.3 is 0 Å². The van der Waals surface area contributed by atoms with Crippen LogP contribution in [0.1, 0.15) is 16.8 Å². The molecule has 0 radical (unpaired) electrons. The molecule has 5 heteroatoms. The zero-order valence-electron chi connectivity index (χ0n) is 13.4. The first-order valence-electron chi connectivity index (χ1n) is 8.02. The van der Waals surface area contributed by atoms with E-state index in [1.54, 1.807) is 0 Å². The summed E-state index contributed by atoms with van der Waals surface area (Å²) in [6.45, 7) is 3.72. The van der Waals surface area contributed by atoms with E-state index >= 15 is 0 Å². The average Bonchev–Trinajstić information content (AvgIpc) is 2.95. The molecule has 3 aromatic rings. The third-order valence-corrected chi connectivity index (χ3v) is 5.21. The molecule has 1 aromatic heterocycles. The predicted octanol–water partition coefficient (Wildman–Crippen LogP) is 4.88. The summed E-state index contributed by atoms with van der Waals surface area (Å²) in [6.07, 6.45) is 0.989. The van der Waals surface area contributed by atoms with Gasteiger partial charge in [-0.3, -0.25) is 0 Å². The van der Waals surface area contributed by atoms with Gasteiger partial charge in [0.25, 0.3) is 0 Å². The van der Waals surface area contributed by atoms with Crippen molar-refractivity contribution in [2.45, 2.75) is 19.9 Å². The molecule has 1 aliphatic rings. The number of aryl methyl sites for hydroxylation is 1. The second-order valence-corrected chi connectivity index (χ2v) is 7.01. The van der Waals surface area contributed by atoms with Crippen LogP contribution in [0.3, 0.4) is 0 Å². The van der Waals surface area contributed by atoms with E-state index in [9.17, 15) is 0 Å². The predicted molar refractivity (Wildman–Crippen MR) is 105 cm³/mol. The molecule has 0 unspecified atom stereocenters. The van der Waals surface area contributed by atoms with Crippen molar-refractivity contribution in [3.63, 3.8) is 0 Å². The van der Waals surface area contributed by atoms with Crippen molar-refractivity contribution in [3.8, 4) is 0 Å². The Kier molecular flexibility index (Phi) is 3.94. The van der Waals surface area contributed by atoms with Gasteiger partial charge in [-0.1, -0.05) is 35.9 Å². The smallest absolute Gasteiger partial charge is 0.173 e. The van der Waals surface area contributed by atoms with E-state index in [0.717, 1.165) is 30.8 Å². The van der Waals surface area contributed by atoms with Crippen LogP contribution in [-0.2, 0) is 13.0 Å². The van der Waals surface area contributed by atoms with Crippen LogP contribution in [0, 0.1) is 6.92 Å². The van der Waals surface area contributed by atoms with Gasteiger partial charge in [-0.15, -0.1) is 0 Å². The summed E-state index contributed by atoms with van der Waals surface area (Å²) in [4.78, 5) is 5.71. The molecule has 0 saturated heterocycles. The maximum absolute atomic E-state index is 6.30. The summed E-state index contributed by atoms with van der Waals surface area (Å²) < 4.78 is 0. The van der Waals surface area contributed by atoms with Crippen LogP contribution in [0.2, 0.25) is 5.02 Å². The van der Waals surface area contributed by atoms with E-state index in [4.69, 9.17) is 23.8 Å². The first-order valence-corrected chi connectivity index (χ1v) is 8.81. The van der Waals surface area contributed by atoms with Crippen LogP contribution in [-0.4, -0.2) is 21.5 Å². The number of nitrogens with zero attached hydrogens (tertiary/aromatic N) is 1. The number of rotatable bonds is 1. The number of hydrogen-bond donors (Lipinski definition) is 2. The largest absolute Gasteiger partial charge is 0.357 e. The highest BCUT2D eigenvalue weighted by Gasteiger charge is 2.22. The molecule has 24 heavy (non-hydrogen) atoms. The third kappa shape index (κ3) is 2.76. The number of H-pyrrole nitrogens is 1. The first kappa shape index (κ1) is 15.5. The second-order valence-electron chi connectivity index (χ2n) is 6.21. The quantitative estimate of drug-likeness (QED) is 0.610. The molecule has 2 heterocycles. The number of benzene rings is 2. The van der Waals surface area contributed by atoms with Gasteiger partial charge in [-0.2, -0.15) is 0 Å². The number of aromatic nitrogens is 1. The van der Waals surface area contributed by atoms with E-state index in [2.05, 4.69) is 39.5 Å². The van der Waals surface area contributed by atoms with Gasteiger partial charge in [0, 0.05) is 23.1 Å². The fourth-order valence-corrected chi connectivity index (χ4v) is 3.83. The number of hydrogen-bond acceptors (Lipinski definition) is 1. The molecule has 2 N–H and O–H groups in total. The van der Waals surface area contributed by atoms with E-state index in [1.165, 1.54) is 22.2 Å². The van der Waals surface area contributed by atoms with Gasteiger partial charge in [0.15, 0.2) is 5.11 Å². The monoisotopic (exact) mass is 355 g/mol. The third-order valence-electron chi connectivity index (χ3n) is 4.54. The summed E-state index contributed by atoms with van der Waals surface area (Å²) >= 11 is 11.9. The Labute approximate surface area is 151 Å². The molecular formula is C19H18ClN3S. The molecule has 0 atom stereocenters. The highest BCUT2D eigenvalue weighted by Crippen LogP contribution is 2.28. The van der Waals surface area contributed by atoms with E-state index < -0.39 is 0 Å². The second kappa shape index (κ2) is 6.11. The van der Waals surface area contributed by atoms with Gasteiger partial charge in [0.1, 0.15) is 0 Å². The molecular weight excluding hydrogens is 338 g/mol. The van der Waals surface area contributed by atoms with Crippen LogP contribution >= 0.6 is 23.8 Å². The summed E-state index contributed by atoms with van der Waals surface area (Å²) in [5.74, 6) is 0. The Morgan fingerprint density at radius 1 is 1.25 bits per heavy atom. The molecule has 2 aromatic carbocycles. The Balaban J connectivity index is 1.54. The van der Waals surface area contributed by atoms with Crippen molar-refractivity contribution >= 4 is 45.5 Å². The fourth-order valence-electron chi connectivity index (χ4n) is 3.28. The van der Waals surface area contributed by atoms with Crippen molar-refractivity contribution in [1.29, 1.82) is 0 Å². The lowest BCUT2D eigenvalue weighted by Crippen LogP contribution is -2.38. The van der Waals surface area contributed by atoms with Gasteiger partial charge in [0.2, 0.25) is 0 Å². The summed E-state index contributed by atoms with van der Waals surface area (Å²) in [5, 5.41) is 6.02. The number of para-hydroxylation sites is 1. The van der Waals surface area contributed by atoms with Crippen LogP contribution in [0.4, 0.5) is 5.69 Å². The first-order chi connectivity index (χ1) is 11.6. The van der Waals surface area contributed by atoms with Crippen molar-refractivity contribution in [2.24, 2.45) is 0 Å². The highest BCUT2D eigenvalue weighted by molar-refractivity contribution is 7.80. The van der Waals surface area contributed by atoms with Crippen LogP contribution < -0.4 is 5.32 Å². The molecule has 0 spiro atoms. The van der Waals surface area contributed by atoms with Crippen LogP contribution in [0.5, 0.6) is 0 Å². The number of aromatic amines is 1. The molecule has 0 aliphatic carbocycles. The van der Waals surface area contributed by atoms with Crippen molar-refractivity contribution in [3.05, 3.63) is 64.3 Å². The fraction of sp³-hybridized carbons (Fsp3) is 0.211. The zero-order valence-corrected chi connectivity index (χ0v) is 15.0. The SMILES string of the molecule is Cc1ccc(NC(=S)N2CCc3c([nH]c4ccccc34)C2)c(Cl)c1. The lowest BCUT2D eigenvalue weighted by molar-refractivity contribution is 0.396. The highest BCUT2D eigenvalue weighted by atomic mass is 35.5. The van der Waals surface area contributed by atoms with Crippen LogP contribution in [0.25, 0.3) is 10.9 Å². The van der Waals surface area contributed by atoms with Gasteiger partial charge in [-0.25, -0.2) is 0 Å². The van der Waals surface area contributed by atoms with Crippen LogP contribution in [0.15, 0.2) is 42.5 Å². The van der Waals surface area contributed by atoms with Gasteiger partial charge in [0.05, 0.1) is 17.3 Å². The van der Waals surface area contributed by atoms with Crippen molar-refractivity contribution < 1.29 is 0 Å². The van der Waals surface area contributed by atoms with Gasteiger partial charge in [-0.05, 0) is 54.9 Å². The lowest BCUT2D eigenvalue weighted by atomic mass is 10.0. The van der Waals surface area contributed by atoms with E-state index in [-0.39, 0.29) is 0 Å². The molecule has 1 aliphatic heterocycles. The van der Waals surface area contributed by atoms with E-state index in [1.807, 2.05) is 25.1 Å². The Bertz CT molecular complexity index is 932. The molecule has 3 nitrogen and oxygen atoms in total. The average molecular weight is 356 g/mol. The maximum atomic E-state index is 6.30. The molecule has 122 valence electrons. The molecule has 0 bridgehead atoms. The van der Waals surface area contributed by atoms with Gasteiger partial charge < -0.3 is 15.2 Å². The zero-order chi connectivity index (χ0) is 16.7. The minimum absolute atomic E-state index is 0.695. The van der Waals surface area contributed by atoms with Crippen molar-refractivity contribution in [1.82, 2.24) is 9.88 Å². The standard InChI is InChI=1S/C19H18ClN3S/c1-12-6-7-17(15(20)10-12)22-19(24)23-9-8-14-13-4-2-3-5-16(13)21-18(14)11-23/h2-7,10,21H,8-9,11H2,1H3,(H,22,24). The van der Waals surface area contributed by atoms with Crippen molar-refractivity contribution in [2.75, 3.05) is 11.9 Å². The topological polar surface area (TPSA) is 31.1 Å². The Morgan fingerprint density at radius 2 is 2.08 bits per heavy atom. The minimum Gasteiger partial charge on any atom is -0.357 e. The summed E-state index contributed by atoms with van der Waals surface area (Å²) in [5.41, 5.74) is 5.86. The Hall–Kier alpha value is -2.04. The number of thiocarbonyl (C=S) groups is 1. The molecule has 0 saturated carbocycles. The molecule has 0 fully saturated rings. The maximum Gasteiger partial charge on any atom is 0.173 e. The molecule has 4 rings (SSSR count). The normalized spacial score (nSPS) is 13.8. The number of nitrogens with one attached hydrogen (secondary N) is 2. The summed E-state index contributed by atoms with van der Waals surface area (Å²) in [7, 11) is 0. The number of fused-ring (bicyclic) bond motifs is 3. The van der Waals surface area contributed by atoms with E-state index in [0.29, 0.717) is 10.1 Å². The number of halogens is 1. The number of anilines is 1. The minimum atomic E-state index is 0.695. The summed E-state index contributed by atoms with van der Waals surface area (Å²) in [6, 6.07) is 14.4. The molecule has 0 amide bonds. The lowest BCUT2D eigenvalue weighted by Gasteiger charge is -2.29. The Morgan fingerprint density at radius 3 is 2.92 bits per heavy atom.